The van der Waals surface area contributed by atoms with Crippen LogP contribution in [0.15, 0.2) is 59.7 Å². The lowest BCUT2D eigenvalue weighted by Crippen LogP contribution is -2.04. The van der Waals surface area contributed by atoms with Crippen LogP contribution in [0.5, 0.6) is 11.5 Å². The minimum Gasteiger partial charge on any atom is -0.496 e. The van der Waals surface area contributed by atoms with Crippen LogP contribution in [0.2, 0.25) is 0 Å². The fraction of sp³-hybridized carbons (Fsp3) is 0.211. The van der Waals surface area contributed by atoms with Crippen LogP contribution in [0.3, 0.4) is 0 Å². The number of ether oxygens (including phenoxy) is 2. The highest BCUT2D eigenvalue weighted by molar-refractivity contribution is 7.18. The van der Waals surface area contributed by atoms with Crippen LogP contribution in [-0.2, 0) is 0 Å². The van der Waals surface area contributed by atoms with Gasteiger partial charge in [-0.2, -0.15) is 0 Å². The quantitative estimate of drug-likeness (QED) is 0.546. The third-order valence-electron chi connectivity index (χ3n) is 3.66. The number of hydrogen-bond acceptors (Lipinski definition) is 3. The number of benzene rings is 2. The molecule has 0 bridgehead atoms. The highest BCUT2D eigenvalue weighted by Gasteiger charge is 2.09. The highest BCUT2D eigenvalue weighted by atomic mass is 31.0. The number of methoxy groups -OCH3 is 2. The molecule has 0 saturated carbocycles. The van der Waals surface area contributed by atoms with E-state index in [0.717, 1.165) is 46.2 Å². The van der Waals surface area contributed by atoms with Gasteiger partial charge < -0.3 is 9.47 Å². The van der Waals surface area contributed by atoms with E-state index in [2.05, 4.69) is 18.5 Å². The average Bonchev–Trinajstić information content (AvgIpc) is 2.65. The Morgan fingerprint density at radius 3 is 1.96 bits per heavy atom. The van der Waals surface area contributed by atoms with Gasteiger partial charge in [-0.1, -0.05) is 30.3 Å². The molecule has 0 aliphatic rings. The van der Waals surface area contributed by atoms with E-state index < -0.39 is 0 Å². The number of rotatable bonds is 7. The first-order chi connectivity index (χ1) is 11.7. The van der Waals surface area contributed by atoms with Gasteiger partial charge in [-0.3, -0.25) is 4.99 Å². The predicted octanol–water partition coefficient (Wildman–Crippen LogP) is 4.28. The van der Waals surface area contributed by atoms with E-state index in [1.54, 1.807) is 14.2 Å². The van der Waals surface area contributed by atoms with Gasteiger partial charge in [0.05, 0.1) is 19.9 Å². The van der Waals surface area contributed by atoms with Crippen molar-refractivity contribution in [2.75, 3.05) is 26.5 Å². The fourth-order valence-electron chi connectivity index (χ4n) is 2.41. The molecular formula is C19H23NO2P2. The maximum Gasteiger partial charge on any atom is 0.127 e. The van der Waals surface area contributed by atoms with Crippen LogP contribution in [0.1, 0.15) is 11.1 Å². The summed E-state index contributed by atoms with van der Waals surface area (Å²) in [6.45, 7) is 0. The van der Waals surface area contributed by atoms with Crippen molar-refractivity contribution >= 4 is 29.8 Å². The predicted molar refractivity (Wildman–Crippen MR) is 110 cm³/mol. The molecule has 2 atom stereocenters. The second-order valence-corrected chi connectivity index (χ2v) is 5.86. The van der Waals surface area contributed by atoms with Crippen LogP contribution in [0, 0.1) is 0 Å². The Morgan fingerprint density at radius 2 is 1.42 bits per heavy atom. The Kier molecular flexibility index (Phi) is 7.43. The summed E-state index contributed by atoms with van der Waals surface area (Å²) in [5, 5.41) is 0. The van der Waals surface area contributed by atoms with Crippen molar-refractivity contribution in [3.05, 3.63) is 65.9 Å². The molecule has 0 spiro atoms. The third kappa shape index (κ3) is 4.44. The summed E-state index contributed by atoms with van der Waals surface area (Å²) in [5.74, 6) is 1.68. The second kappa shape index (κ2) is 9.57. The smallest absolute Gasteiger partial charge is 0.127 e. The van der Waals surface area contributed by atoms with Crippen molar-refractivity contribution in [1.82, 2.24) is 0 Å². The summed E-state index contributed by atoms with van der Waals surface area (Å²) in [7, 11) is 8.86. The molecule has 0 aromatic heterocycles. The van der Waals surface area contributed by atoms with Crippen LogP contribution in [-0.4, -0.2) is 32.3 Å². The van der Waals surface area contributed by atoms with Crippen molar-refractivity contribution in [2.45, 2.75) is 0 Å². The zero-order chi connectivity index (χ0) is 17.4. The number of aliphatic imine (C=N–C) groups is 1. The van der Waals surface area contributed by atoms with Crippen molar-refractivity contribution in [3.8, 4) is 11.5 Å². The van der Waals surface area contributed by atoms with Gasteiger partial charge in [0.15, 0.2) is 0 Å². The van der Waals surface area contributed by atoms with Crippen molar-refractivity contribution < 1.29 is 9.47 Å². The van der Waals surface area contributed by atoms with E-state index in [0.29, 0.717) is 0 Å². The Labute approximate surface area is 148 Å². The van der Waals surface area contributed by atoms with Gasteiger partial charge in [0.2, 0.25) is 0 Å². The first-order valence-corrected chi connectivity index (χ1v) is 9.31. The maximum absolute atomic E-state index is 5.46. The molecule has 0 amide bonds. The molecule has 0 aliphatic carbocycles. The Bertz CT molecular complexity index is 678. The Balaban J connectivity index is 2.44. The summed E-state index contributed by atoms with van der Waals surface area (Å²) < 4.78 is 10.9. The fourth-order valence-corrected chi connectivity index (χ4v) is 3.06. The highest BCUT2D eigenvalue weighted by Crippen LogP contribution is 2.27. The molecule has 0 heterocycles. The second-order valence-electron chi connectivity index (χ2n) is 5.04. The molecule has 2 aromatic carbocycles. The van der Waals surface area contributed by atoms with E-state index >= 15 is 0 Å². The first kappa shape index (κ1) is 18.6. The Hall–Kier alpha value is -1.69. The molecule has 2 rings (SSSR count). The van der Waals surface area contributed by atoms with Crippen LogP contribution in [0.4, 0.5) is 0 Å². The van der Waals surface area contributed by atoms with Gasteiger partial charge in [0, 0.05) is 23.5 Å². The lowest BCUT2D eigenvalue weighted by atomic mass is 10.1. The number of para-hydroxylation sites is 2. The molecule has 126 valence electrons. The summed E-state index contributed by atoms with van der Waals surface area (Å²) in [5.41, 5.74) is 4.13. The molecule has 3 nitrogen and oxygen atoms in total. The largest absolute Gasteiger partial charge is 0.496 e. The molecular weight excluding hydrogens is 336 g/mol. The molecule has 24 heavy (non-hydrogen) atoms. The Morgan fingerprint density at radius 1 is 0.875 bits per heavy atom. The number of nitrogens with zero attached hydrogens (tertiary/aromatic N) is 1. The molecule has 0 fully saturated rings. The zero-order valence-corrected chi connectivity index (χ0v) is 16.3. The van der Waals surface area contributed by atoms with E-state index in [-0.39, 0.29) is 0 Å². The van der Waals surface area contributed by atoms with Crippen molar-refractivity contribution in [2.24, 2.45) is 4.99 Å². The summed E-state index contributed by atoms with van der Waals surface area (Å²) in [6.07, 6.45) is 3.45. The van der Waals surface area contributed by atoms with Crippen LogP contribution < -0.4 is 9.47 Å². The lowest BCUT2D eigenvalue weighted by molar-refractivity contribution is 0.413. The molecule has 0 aliphatic heterocycles. The minimum atomic E-state index is 0.743. The van der Waals surface area contributed by atoms with Crippen LogP contribution in [0.25, 0.3) is 5.57 Å². The van der Waals surface area contributed by atoms with Gasteiger partial charge in [0.25, 0.3) is 0 Å². The normalized spacial score (nSPS) is 12.2. The van der Waals surface area contributed by atoms with Gasteiger partial charge >= 0.3 is 0 Å². The van der Waals surface area contributed by atoms with Gasteiger partial charge in [0.1, 0.15) is 11.5 Å². The standard InChI is InChI=1S/C19H23NO2P2/c1-21-18-9-5-3-7-15(18)14(12-23)11-20-17(13-24)16-8-4-6-10-19(16)22-2/h3-11H,12-13,23-24H2,1-2H3/b14-11-,20-17?. The van der Waals surface area contributed by atoms with E-state index in [1.807, 2.05) is 54.7 Å². The summed E-state index contributed by atoms with van der Waals surface area (Å²) in [6, 6.07) is 15.9. The number of allylic oxidation sites excluding steroid dienone is 1. The molecule has 0 radical (unpaired) electrons. The van der Waals surface area contributed by atoms with Gasteiger partial charge in [-0.25, -0.2) is 0 Å². The van der Waals surface area contributed by atoms with Gasteiger partial charge in [-0.05, 0) is 29.9 Å². The van der Waals surface area contributed by atoms with E-state index in [1.165, 1.54) is 0 Å². The molecule has 5 heteroatoms. The van der Waals surface area contributed by atoms with E-state index in [9.17, 15) is 0 Å². The molecule has 2 unspecified atom stereocenters. The SMILES string of the molecule is COc1ccccc1C(CP)=N/C=C(/CP)c1ccccc1OC. The van der Waals surface area contributed by atoms with Crippen molar-refractivity contribution in [1.29, 1.82) is 0 Å². The zero-order valence-electron chi connectivity index (χ0n) is 14.0. The lowest BCUT2D eigenvalue weighted by Gasteiger charge is -2.11. The summed E-state index contributed by atoms with van der Waals surface area (Å²) >= 11 is 0. The van der Waals surface area contributed by atoms with Gasteiger partial charge in [-0.15, -0.1) is 18.5 Å². The minimum absolute atomic E-state index is 0.743. The van der Waals surface area contributed by atoms with E-state index in [4.69, 9.17) is 14.5 Å². The monoisotopic (exact) mass is 359 g/mol. The molecule has 2 aromatic rings. The maximum atomic E-state index is 5.46. The molecule has 0 saturated heterocycles. The van der Waals surface area contributed by atoms with Crippen molar-refractivity contribution in [3.63, 3.8) is 0 Å². The number of hydrogen-bond donors (Lipinski definition) is 0. The molecule has 0 N–H and O–H groups in total. The third-order valence-corrected chi connectivity index (χ3v) is 4.49. The summed E-state index contributed by atoms with van der Waals surface area (Å²) in [4.78, 5) is 4.73. The van der Waals surface area contributed by atoms with Crippen LogP contribution >= 0.6 is 18.5 Å². The average molecular weight is 359 g/mol. The topological polar surface area (TPSA) is 30.8 Å². The first-order valence-electron chi connectivity index (χ1n) is 7.67.